The van der Waals surface area contributed by atoms with Crippen LogP contribution in [0.25, 0.3) is 0 Å². The summed E-state index contributed by atoms with van der Waals surface area (Å²) in [7, 11) is 3.23. The fraction of sp³-hybridized carbons (Fsp3) is 0.444. The zero-order valence-electron chi connectivity index (χ0n) is 14.7. The monoisotopic (exact) mass is 344 g/mol. The number of benzene rings is 1. The Bertz CT molecular complexity index is 729. The average Bonchev–Trinajstić information content (AvgIpc) is 3.09. The Hall–Kier alpha value is -2.54. The maximum atomic E-state index is 12.2. The Balaban J connectivity index is 1.44. The van der Waals surface area contributed by atoms with Crippen LogP contribution in [-0.2, 0) is 24.3 Å². The second kappa shape index (κ2) is 8.02. The average molecular weight is 344 g/mol. The molecule has 1 amide bonds. The highest BCUT2D eigenvalue weighted by molar-refractivity contribution is 5.78. The van der Waals surface area contributed by atoms with Crippen LogP contribution in [0.3, 0.4) is 0 Å². The molecule has 0 saturated heterocycles. The van der Waals surface area contributed by atoms with Crippen molar-refractivity contribution in [2.45, 2.75) is 19.5 Å². The van der Waals surface area contributed by atoms with Crippen molar-refractivity contribution < 1.29 is 14.3 Å². The van der Waals surface area contributed by atoms with Crippen molar-refractivity contribution in [3.63, 3.8) is 0 Å². The molecule has 0 atom stereocenters. The van der Waals surface area contributed by atoms with Crippen LogP contribution in [0, 0.1) is 0 Å². The molecule has 25 heavy (non-hydrogen) atoms. The minimum Gasteiger partial charge on any atom is -0.493 e. The normalized spacial score (nSPS) is 14.0. The number of nitrogens with zero attached hydrogens (tertiary/aromatic N) is 3. The van der Waals surface area contributed by atoms with E-state index in [1.807, 2.05) is 30.6 Å². The van der Waals surface area contributed by atoms with Gasteiger partial charge in [-0.05, 0) is 24.1 Å². The third-order valence-electron chi connectivity index (χ3n) is 4.37. The number of methoxy groups -OCH3 is 2. The number of hydrogen-bond donors (Lipinski definition) is 1. The van der Waals surface area contributed by atoms with Crippen molar-refractivity contribution in [2.75, 3.05) is 33.9 Å². The number of hydrogen-bond acceptors (Lipinski definition) is 5. The zero-order chi connectivity index (χ0) is 17.6. The predicted octanol–water partition coefficient (Wildman–Crippen LogP) is 1.07. The first-order chi connectivity index (χ1) is 12.2. The lowest BCUT2D eigenvalue weighted by atomic mass is 10.1. The third-order valence-corrected chi connectivity index (χ3v) is 4.37. The predicted molar refractivity (Wildman–Crippen MR) is 93.8 cm³/mol. The maximum Gasteiger partial charge on any atom is 0.234 e. The Morgan fingerprint density at radius 3 is 2.88 bits per heavy atom. The summed E-state index contributed by atoms with van der Waals surface area (Å²) in [6.45, 7) is 3.46. The minimum absolute atomic E-state index is 0.0421. The second-order valence-electron chi connectivity index (χ2n) is 6.04. The number of ether oxygens (including phenoxy) is 2. The van der Waals surface area contributed by atoms with E-state index in [9.17, 15) is 4.79 Å². The quantitative estimate of drug-likeness (QED) is 0.814. The lowest BCUT2D eigenvalue weighted by Crippen LogP contribution is -2.41. The maximum absolute atomic E-state index is 12.2. The topological polar surface area (TPSA) is 68.6 Å². The molecule has 0 radical (unpaired) electrons. The molecule has 7 nitrogen and oxygen atoms in total. The van der Waals surface area contributed by atoms with Crippen LogP contribution in [-0.4, -0.2) is 54.2 Å². The summed E-state index contributed by atoms with van der Waals surface area (Å²) in [5.74, 6) is 2.47. The van der Waals surface area contributed by atoms with Gasteiger partial charge < -0.3 is 19.4 Å². The van der Waals surface area contributed by atoms with Gasteiger partial charge in [-0.25, -0.2) is 4.98 Å². The highest BCUT2D eigenvalue weighted by Crippen LogP contribution is 2.27. The lowest BCUT2D eigenvalue weighted by Gasteiger charge is -2.26. The molecule has 3 rings (SSSR count). The molecule has 0 fully saturated rings. The molecule has 0 spiro atoms. The summed E-state index contributed by atoms with van der Waals surface area (Å²) < 4.78 is 12.7. The van der Waals surface area contributed by atoms with Gasteiger partial charge in [0.15, 0.2) is 11.5 Å². The first-order valence-electron chi connectivity index (χ1n) is 8.39. The smallest absolute Gasteiger partial charge is 0.234 e. The van der Waals surface area contributed by atoms with Crippen LogP contribution in [0.1, 0.15) is 11.4 Å². The number of rotatable bonds is 7. The number of amides is 1. The summed E-state index contributed by atoms with van der Waals surface area (Å²) in [5.41, 5.74) is 1.10. The lowest BCUT2D eigenvalue weighted by molar-refractivity contribution is -0.122. The van der Waals surface area contributed by atoms with Crippen molar-refractivity contribution in [1.82, 2.24) is 19.8 Å². The standard InChI is InChI=1S/C18H24N4O3/c1-24-15-4-3-14(11-16(15)25-2)5-6-20-18(23)13-21-9-10-22-8-7-19-17(22)12-21/h3-4,7-8,11H,5-6,9-10,12-13H2,1-2H3,(H,20,23). The molecule has 0 bridgehead atoms. The number of fused-ring (bicyclic) bond motifs is 1. The largest absolute Gasteiger partial charge is 0.493 e. The molecule has 2 aromatic rings. The summed E-state index contributed by atoms with van der Waals surface area (Å²) >= 11 is 0. The fourth-order valence-electron chi connectivity index (χ4n) is 3.00. The van der Waals surface area contributed by atoms with E-state index in [4.69, 9.17) is 9.47 Å². The van der Waals surface area contributed by atoms with E-state index >= 15 is 0 Å². The summed E-state index contributed by atoms with van der Waals surface area (Å²) in [5, 5.41) is 2.98. The SMILES string of the molecule is COc1ccc(CCNC(=O)CN2CCn3ccnc3C2)cc1OC. The van der Waals surface area contributed by atoms with Crippen molar-refractivity contribution in [2.24, 2.45) is 0 Å². The molecule has 7 heteroatoms. The van der Waals surface area contributed by atoms with Gasteiger partial charge in [-0.1, -0.05) is 6.07 Å². The Kier molecular flexibility index (Phi) is 5.55. The second-order valence-corrected chi connectivity index (χ2v) is 6.04. The van der Waals surface area contributed by atoms with Crippen LogP contribution in [0.4, 0.5) is 0 Å². The van der Waals surface area contributed by atoms with E-state index in [-0.39, 0.29) is 5.91 Å². The first kappa shape index (κ1) is 17.3. The van der Waals surface area contributed by atoms with E-state index in [1.54, 1.807) is 14.2 Å². The molecule has 0 unspecified atom stereocenters. The van der Waals surface area contributed by atoms with Gasteiger partial charge in [-0.3, -0.25) is 9.69 Å². The molecular formula is C18H24N4O3. The van der Waals surface area contributed by atoms with Gasteiger partial charge in [0.25, 0.3) is 0 Å². The van der Waals surface area contributed by atoms with Crippen molar-refractivity contribution >= 4 is 5.91 Å². The summed E-state index contributed by atoms with van der Waals surface area (Å²) in [6.07, 6.45) is 4.54. The van der Waals surface area contributed by atoms with Crippen molar-refractivity contribution in [1.29, 1.82) is 0 Å². The van der Waals surface area contributed by atoms with E-state index in [0.29, 0.717) is 24.6 Å². The van der Waals surface area contributed by atoms with Crippen LogP contribution in [0.5, 0.6) is 11.5 Å². The van der Waals surface area contributed by atoms with E-state index in [2.05, 4.69) is 19.8 Å². The van der Waals surface area contributed by atoms with Gasteiger partial charge in [-0.2, -0.15) is 0 Å². The van der Waals surface area contributed by atoms with Gasteiger partial charge in [0.05, 0.1) is 27.3 Å². The zero-order valence-corrected chi connectivity index (χ0v) is 14.7. The number of aromatic nitrogens is 2. The van der Waals surface area contributed by atoms with Gasteiger partial charge in [0, 0.05) is 32.0 Å². The fourth-order valence-corrected chi connectivity index (χ4v) is 3.00. The van der Waals surface area contributed by atoms with Crippen LogP contribution >= 0.6 is 0 Å². The molecule has 1 aliphatic rings. The first-order valence-corrected chi connectivity index (χ1v) is 8.39. The highest BCUT2D eigenvalue weighted by atomic mass is 16.5. The van der Waals surface area contributed by atoms with Crippen molar-refractivity contribution in [3.8, 4) is 11.5 Å². The molecule has 1 aromatic carbocycles. The summed E-state index contributed by atoms with van der Waals surface area (Å²) in [6, 6.07) is 5.80. The molecule has 0 aliphatic carbocycles. The summed E-state index contributed by atoms with van der Waals surface area (Å²) in [4.78, 5) is 18.6. The molecule has 2 heterocycles. The molecule has 0 saturated carbocycles. The van der Waals surface area contributed by atoms with Crippen molar-refractivity contribution in [3.05, 3.63) is 42.0 Å². The Morgan fingerprint density at radius 2 is 2.08 bits per heavy atom. The minimum atomic E-state index is 0.0421. The Morgan fingerprint density at radius 1 is 1.24 bits per heavy atom. The van der Waals surface area contributed by atoms with Gasteiger partial charge in [-0.15, -0.1) is 0 Å². The van der Waals surface area contributed by atoms with E-state index in [0.717, 1.165) is 37.4 Å². The van der Waals surface area contributed by atoms with Gasteiger partial charge in [0.1, 0.15) is 5.82 Å². The molecule has 1 aromatic heterocycles. The molecule has 1 N–H and O–H groups in total. The van der Waals surface area contributed by atoms with Crippen LogP contribution in [0.2, 0.25) is 0 Å². The Labute approximate surface area is 147 Å². The number of carbonyl (C=O) groups excluding carboxylic acids is 1. The molecule has 1 aliphatic heterocycles. The van der Waals surface area contributed by atoms with E-state index < -0.39 is 0 Å². The number of nitrogens with one attached hydrogen (secondary N) is 1. The van der Waals surface area contributed by atoms with Gasteiger partial charge in [0.2, 0.25) is 5.91 Å². The van der Waals surface area contributed by atoms with E-state index in [1.165, 1.54) is 0 Å². The van der Waals surface area contributed by atoms with Crippen LogP contribution in [0.15, 0.2) is 30.6 Å². The number of imidazole rings is 1. The number of carbonyl (C=O) groups is 1. The highest BCUT2D eigenvalue weighted by Gasteiger charge is 2.18. The molecule has 134 valence electrons. The van der Waals surface area contributed by atoms with Crippen LogP contribution < -0.4 is 14.8 Å². The third kappa shape index (κ3) is 4.30. The molecular weight excluding hydrogens is 320 g/mol. The van der Waals surface area contributed by atoms with Gasteiger partial charge >= 0.3 is 0 Å².